The molecule has 4 bridgehead atoms. The van der Waals surface area contributed by atoms with Crippen LogP contribution in [0, 0.1) is 45.8 Å². The summed E-state index contributed by atoms with van der Waals surface area (Å²) in [6.07, 6.45) is 7.17. The molecule has 0 saturated heterocycles. The van der Waals surface area contributed by atoms with E-state index in [1.54, 1.807) is 0 Å². The minimum atomic E-state index is -0.389. The van der Waals surface area contributed by atoms with Gasteiger partial charge in [-0.3, -0.25) is 4.79 Å². The lowest BCUT2D eigenvalue weighted by atomic mass is 9.43. The molecule has 3 atom stereocenters. The zero-order chi connectivity index (χ0) is 13.8. The first kappa shape index (κ1) is 13.2. The molecule has 0 N–H and O–H groups in total. The average Bonchev–Trinajstić information content (AvgIpc) is 2.25. The molecule has 0 aromatic heterocycles. The zero-order valence-electron chi connectivity index (χ0n) is 12.4. The Hall–Kier alpha value is -0.840. The highest BCUT2D eigenvalue weighted by Crippen LogP contribution is 2.65. The van der Waals surface area contributed by atoms with Gasteiger partial charge in [0, 0.05) is 5.41 Å². The number of rotatable bonds is 3. The summed E-state index contributed by atoms with van der Waals surface area (Å²) in [5.74, 6) is 1.55. The molecule has 4 saturated carbocycles. The van der Waals surface area contributed by atoms with E-state index < -0.39 is 0 Å². The molecule has 0 aromatic carbocycles. The maximum atomic E-state index is 13.0. The van der Waals surface area contributed by atoms with Gasteiger partial charge < -0.3 is 0 Å². The van der Waals surface area contributed by atoms with Crippen LogP contribution in [0.3, 0.4) is 0 Å². The van der Waals surface area contributed by atoms with Crippen LogP contribution < -0.4 is 0 Å². The van der Waals surface area contributed by atoms with Crippen molar-refractivity contribution in [1.29, 1.82) is 5.26 Å². The number of hydrogen-bond acceptors (Lipinski definition) is 2. The van der Waals surface area contributed by atoms with Crippen molar-refractivity contribution in [2.24, 2.45) is 34.5 Å². The number of nitrogens with zero attached hydrogens (tertiary/aromatic N) is 1. The normalized spacial score (nSPS) is 45.2. The Kier molecular flexibility index (Phi) is 2.82. The number of hydrogen-bond donors (Lipinski definition) is 0. The van der Waals surface area contributed by atoms with Crippen LogP contribution in [0.1, 0.15) is 59.3 Å². The molecule has 4 aliphatic rings. The second-order valence-electron chi connectivity index (χ2n) is 8.27. The maximum Gasteiger partial charge on any atom is 0.156 e. The van der Waals surface area contributed by atoms with E-state index in [0.717, 1.165) is 31.1 Å². The molecule has 2 heteroatoms. The van der Waals surface area contributed by atoms with Crippen LogP contribution in [-0.4, -0.2) is 5.78 Å². The fourth-order valence-electron chi connectivity index (χ4n) is 5.85. The van der Waals surface area contributed by atoms with Gasteiger partial charge in [0.05, 0.1) is 6.07 Å². The lowest BCUT2D eigenvalue weighted by Crippen LogP contribution is -2.55. The summed E-state index contributed by atoms with van der Waals surface area (Å²) >= 11 is 0. The lowest BCUT2D eigenvalue weighted by Gasteiger charge is -2.61. The highest BCUT2D eigenvalue weighted by atomic mass is 16.1. The van der Waals surface area contributed by atoms with Gasteiger partial charge in [-0.2, -0.15) is 5.26 Å². The minimum absolute atomic E-state index is 0.135. The van der Waals surface area contributed by atoms with Crippen LogP contribution in [0.2, 0.25) is 0 Å². The van der Waals surface area contributed by atoms with Crippen LogP contribution in [0.4, 0.5) is 0 Å². The Morgan fingerprint density at radius 3 is 2.21 bits per heavy atom. The largest absolute Gasteiger partial charge is 0.298 e. The third-order valence-corrected chi connectivity index (χ3v) is 5.96. The number of nitriles is 1. The molecule has 0 heterocycles. The molecule has 4 rings (SSSR count). The summed E-state index contributed by atoms with van der Waals surface area (Å²) in [6.45, 7) is 6.39. The first-order valence-electron chi connectivity index (χ1n) is 7.81. The third kappa shape index (κ3) is 1.93. The Labute approximate surface area is 116 Å². The Bertz CT molecular complexity index is 431. The van der Waals surface area contributed by atoms with E-state index in [0.29, 0.717) is 5.41 Å². The summed E-state index contributed by atoms with van der Waals surface area (Å²) in [6, 6.07) is 2.29. The lowest BCUT2D eigenvalue weighted by molar-refractivity contribution is -0.156. The summed E-state index contributed by atoms with van der Waals surface area (Å²) < 4.78 is 0. The molecule has 0 aromatic rings. The smallest absolute Gasteiger partial charge is 0.156 e. The topological polar surface area (TPSA) is 40.9 Å². The van der Waals surface area contributed by atoms with Gasteiger partial charge in [-0.05, 0) is 61.7 Å². The molecule has 0 aliphatic heterocycles. The predicted molar refractivity (Wildman–Crippen MR) is 74.2 cm³/mol. The summed E-state index contributed by atoms with van der Waals surface area (Å²) in [4.78, 5) is 13.0. The van der Waals surface area contributed by atoms with Gasteiger partial charge in [0.1, 0.15) is 5.92 Å². The Balaban J connectivity index is 1.92. The first-order valence-corrected chi connectivity index (χ1v) is 7.81. The molecule has 0 radical (unpaired) electrons. The third-order valence-electron chi connectivity index (χ3n) is 5.96. The molecule has 19 heavy (non-hydrogen) atoms. The van der Waals surface area contributed by atoms with Crippen LogP contribution in [0.15, 0.2) is 0 Å². The summed E-state index contributed by atoms with van der Waals surface area (Å²) in [5.41, 5.74) is 0.250. The van der Waals surface area contributed by atoms with Gasteiger partial charge in [0.25, 0.3) is 0 Å². The van der Waals surface area contributed by atoms with Gasteiger partial charge in [-0.25, -0.2) is 0 Å². The quantitative estimate of drug-likeness (QED) is 0.769. The SMILES string of the molecule is CC(C)C(C#N)C(=O)C12CC3CC(CC(C)(C3)C1)C2. The molecule has 2 nitrogen and oxygen atoms in total. The van der Waals surface area contributed by atoms with Gasteiger partial charge in [0.2, 0.25) is 0 Å². The second-order valence-corrected chi connectivity index (χ2v) is 8.27. The van der Waals surface area contributed by atoms with E-state index in [2.05, 4.69) is 13.0 Å². The number of ketones is 1. The van der Waals surface area contributed by atoms with E-state index >= 15 is 0 Å². The average molecular weight is 259 g/mol. The molecule has 4 aliphatic carbocycles. The number of carbonyl (C=O) groups is 1. The maximum absolute atomic E-state index is 13.0. The van der Waals surface area contributed by atoms with E-state index in [1.807, 2.05) is 13.8 Å². The van der Waals surface area contributed by atoms with E-state index in [9.17, 15) is 10.1 Å². The fraction of sp³-hybridized carbons (Fsp3) is 0.882. The molecule has 3 unspecified atom stereocenters. The van der Waals surface area contributed by atoms with Crippen LogP contribution >= 0.6 is 0 Å². The number of Topliss-reactive ketones (excluding diaryl/α,β-unsaturated/α-hetero) is 1. The van der Waals surface area contributed by atoms with Gasteiger partial charge in [-0.1, -0.05) is 20.8 Å². The van der Waals surface area contributed by atoms with Crippen LogP contribution in [0.25, 0.3) is 0 Å². The Morgan fingerprint density at radius 2 is 1.79 bits per heavy atom. The highest BCUT2D eigenvalue weighted by Gasteiger charge is 2.59. The molecular weight excluding hydrogens is 234 g/mol. The van der Waals surface area contributed by atoms with Crippen LogP contribution in [0.5, 0.6) is 0 Å². The highest BCUT2D eigenvalue weighted by molar-refractivity contribution is 5.89. The molecule has 104 valence electrons. The van der Waals surface area contributed by atoms with Gasteiger partial charge >= 0.3 is 0 Å². The standard InChI is InChI=1S/C17H25NO/c1-11(2)14(9-18)15(19)17-7-12-4-13(8-17)6-16(3,5-12)10-17/h11-14H,4-8,10H2,1-3H3. The molecule has 4 fully saturated rings. The number of carbonyl (C=O) groups excluding carboxylic acids is 1. The molecule has 0 spiro atoms. The van der Waals surface area contributed by atoms with Gasteiger partial charge in [-0.15, -0.1) is 0 Å². The van der Waals surface area contributed by atoms with Crippen molar-refractivity contribution in [2.75, 3.05) is 0 Å². The van der Waals surface area contributed by atoms with E-state index in [4.69, 9.17) is 0 Å². The fourth-order valence-corrected chi connectivity index (χ4v) is 5.85. The van der Waals surface area contributed by atoms with Crippen molar-refractivity contribution in [3.8, 4) is 6.07 Å². The summed E-state index contributed by atoms with van der Waals surface area (Å²) in [5, 5.41) is 9.36. The zero-order valence-corrected chi connectivity index (χ0v) is 12.4. The predicted octanol–water partition coefficient (Wildman–Crippen LogP) is 3.96. The van der Waals surface area contributed by atoms with Crippen molar-refractivity contribution in [2.45, 2.75) is 59.3 Å². The van der Waals surface area contributed by atoms with Gasteiger partial charge in [0.15, 0.2) is 5.78 Å². The second kappa shape index (κ2) is 4.08. The first-order chi connectivity index (χ1) is 8.87. The van der Waals surface area contributed by atoms with Crippen molar-refractivity contribution in [3.05, 3.63) is 0 Å². The monoisotopic (exact) mass is 259 g/mol. The van der Waals surface area contributed by atoms with Crippen molar-refractivity contribution >= 4 is 5.78 Å². The molecular formula is C17H25NO. The van der Waals surface area contributed by atoms with Crippen LogP contribution in [-0.2, 0) is 4.79 Å². The molecule has 0 amide bonds. The van der Waals surface area contributed by atoms with Crippen molar-refractivity contribution in [1.82, 2.24) is 0 Å². The van der Waals surface area contributed by atoms with E-state index in [1.165, 1.54) is 19.3 Å². The minimum Gasteiger partial charge on any atom is -0.298 e. The summed E-state index contributed by atoms with van der Waals surface area (Å²) in [7, 11) is 0. The van der Waals surface area contributed by atoms with Crippen molar-refractivity contribution < 1.29 is 4.79 Å². The van der Waals surface area contributed by atoms with E-state index in [-0.39, 0.29) is 23.0 Å². The van der Waals surface area contributed by atoms with Crippen molar-refractivity contribution in [3.63, 3.8) is 0 Å². The Morgan fingerprint density at radius 1 is 1.21 bits per heavy atom.